The Morgan fingerprint density at radius 3 is 2.56 bits per heavy atom. The smallest absolute Gasteiger partial charge is 0.271 e. The van der Waals surface area contributed by atoms with Crippen molar-refractivity contribution in [3.8, 4) is 17.4 Å². The zero-order valence-electron chi connectivity index (χ0n) is 17.9. The molecule has 2 aliphatic heterocycles. The minimum atomic E-state index is -0.589. The highest BCUT2D eigenvalue weighted by molar-refractivity contribution is 6.19. The molecule has 0 N–H and O–H groups in total. The number of carbonyl (C=O) groups is 3. The van der Waals surface area contributed by atoms with Gasteiger partial charge in [-0.3, -0.25) is 19.3 Å². The Morgan fingerprint density at radius 2 is 1.94 bits per heavy atom. The second-order valence-corrected chi connectivity index (χ2v) is 7.86. The predicted molar refractivity (Wildman–Crippen MR) is 116 cm³/mol. The molecule has 2 aromatic rings. The molecule has 1 fully saturated rings. The number of carbonyl (C=O) groups excluding carboxylic acids is 3. The minimum absolute atomic E-state index is 0.0186. The molecule has 7 nitrogen and oxygen atoms in total. The van der Waals surface area contributed by atoms with Crippen LogP contribution in [-0.4, -0.2) is 41.8 Å². The molecule has 2 amide bonds. The normalized spacial score (nSPS) is 20.2. The van der Waals surface area contributed by atoms with Gasteiger partial charge in [0.2, 0.25) is 0 Å². The van der Waals surface area contributed by atoms with Crippen LogP contribution in [0.2, 0.25) is 0 Å². The molecule has 1 aromatic heterocycles. The molecule has 4 rings (SSSR count). The van der Waals surface area contributed by atoms with E-state index < -0.39 is 11.8 Å². The Labute approximate surface area is 185 Å². The highest BCUT2D eigenvalue weighted by Crippen LogP contribution is 2.30. The average Bonchev–Trinajstić information content (AvgIpc) is 3.47. The Morgan fingerprint density at radius 1 is 1.19 bits per heavy atom. The SMILES string of the molecule is CC(=O)c1ccc(-c2ccc(/C=C3\C(=O)N(CC4CCCO4)C(=O)C(C#N)=C3C)o2)cc1. The summed E-state index contributed by atoms with van der Waals surface area (Å²) in [6.45, 7) is 3.82. The summed E-state index contributed by atoms with van der Waals surface area (Å²) in [4.78, 5) is 38.4. The van der Waals surface area contributed by atoms with Gasteiger partial charge in [0.25, 0.3) is 11.8 Å². The summed E-state index contributed by atoms with van der Waals surface area (Å²) in [5.74, 6) is -0.0827. The van der Waals surface area contributed by atoms with Gasteiger partial charge in [-0.25, -0.2) is 0 Å². The maximum atomic E-state index is 13.1. The van der Waals surface area contributed by atoms with Gasteiger partial charge in [-0.2, -0.15) is 5.26 Å². The lowest BCUT2D eigenvalue weighted by Crippen LogP contribution is -2.46. The van der Waals surface area contributed by atoms with Crippen LogP contribution in [0.15, 0.2) is 57.5 Å². The highest BCUT2D eigenvalue weighted by atomic mass is 16.5. The van der Waals surface area contributed by atoms with Crippen LogP contribution in [0.4, 0.5) is 0 Å². The van der Waals surface area contributed by atoms with Crippen molar-refractivity contribution < 1.29 is 23.5 Å². The van der Waals surface area contributed by atoms with Gasteiger partial charge < -0.3 is 9.15 Å². The Kier molecular flexibility index (Phi) is 5.89. The topological polar surface area (TPSA) is 101 Å². The molecule has 0 spiro atoms. The summed E-state index contributed by atoms with van der Waals surface area (Å²) in [6.07, 6.45) is 2.99. The van der Waals surface area contributed by atoms with Crippen LogP contribution in [0.3, 0.4) is 0 Å². The summed E-state index contributed by atoms with van der Waals surface area (Å²) < 4.78 is 11.5. The Balaban J connectivity index is 1.65. The average molecular weight is 430 g/mol. The van der Waals surface area contributed by atoms with Crippen molar-refractivity contribution in [1.29, 1.82) is 5.26 Å². The Bertz CT molecular complexity index is 1190. The summed E-state index contributed by atoms with van der Waals surface area (Å²) in [5, 5.41) is 9.52. The quantitative estimate of drug-likeness (QED) is 0.405. The molecule has 7 heteroatoms. The van der Waals surface area contributed by atoms with Crippen molar-refractivity contribution in [3.05, 3.63) is 64.4 Å². The molecule has 0 bridgehead atoms. The second-order valence-electron chi connectivity index (χ2n) is 7.86. The van der Waals surface area contributed by atoms with Crippen molar-refractivity contribution in [2.75, 3.05) is 13.2 Å². The number of furan rings is 1. The van der Waals surface area contributed by atoms with E-state index in [9.17, 15) is 19.6 Å². The van der Waals surface area contributed by atoms with Crippen LogP contribution < -0.4 is 0 Å². The molecule has 1 atom stereocenters. The maximum Gasteiger partial charge on any atom is 0.271 e. The van der Waals surface area contributed by atoms with E-state index in [0.717, 1.165) is 23.3 Å². The second kappa shape index (κ2) is 8.77. The number of ether oxygens (including phenoxy) is 1. The molecule has 32 heavy (non-hydrogen) atoms. The van der Waals surface area contributed by atoms with Gasteiger partial charge in [-0.1, -0.05) is 24.3 Å². The largest absolute Gasteiger partial charge is 0.457 e. The zero-order chi connectivity index (χ0) is 22.8. The first-order valence-corrected chi connectivity index (χ1v) is 10.4. The lowest BCUT2D eigenvalue weighted by molar-refractivity contribution is -0.142. The van der Waals surface area contributed by atoms with Crippen LogP contribution >= 0.6 is 0 Å². The number of Topliss-reactive ketones (excluding diaryl/α,β-unsaturated/α-hetero) is 1. The third kappa shape index (κ3) is 4.05. The highest BCUT2D eigenvalue weighted by Gasteiger charge is 2.37. The maximum absolute atomic E-state index is 13.1. The Hall–Kier alpha value is -3.76. The number of amides is 2. The van der Waals surface area contributed by atoms with E-state index in [4.69, 9.17) is 9.15 Å². The van der Waals surface area contributed by atoms with Crippen molar-refractivity contribution in [2.45, 2.75) is 32.8 Å². The lowest BCUT2D eigenvalue weighted by Gasteiger charge is -2.29. The van der Waals surface area contributed by atoms with Crippen LogP contribution in [0.25, 0.3) is 17.4 Å². The summed E-state index contributed by atoms with van der Waals surface area (Å²) in [6, 6.07) is 12.5. The van der Waals surface area contributed by atoms with Crippen LogP contribution in [0, 0.1) is 11.3 Å². The van der Waals surface area contributed by atoms with Gasteiger partial charge in [0.1, 0.15) is 23.2 Å². The molecule has 1 unspecified atom stereocenters. The first-order chi connectivity index (χ1) is 15.4. The van der Waals surface area contributed by atoms with Crippen molar-refractivity contribution in [3.63, 3.8) is 0 Å². The summed E-state index contributed by atoms with van der Waals surface area (Å²) in [5.41, 5.74) is 1.91. The van der Waals surface area contributed by atoms with E-state index in [-0.39, 0.29) is 29.6 Å². The van der Waals surface area contributed by atoms with Crippen LogP contribution in [-0.2, 0) is 14.3 Å². The van der Waals surface area contributed by atoms with Crippen molar-refractivity contribution >= 4 is 23.7 Å². The fourth-order valence-corrected chi connectivity index (χ4v) is 3.88. The predicted octanol–water partition coefficient (Wildman–Crippen LogP) is 3.92. The number of benzene rings is 1. The molecule has 1 aromatic carbocycles. The number of ketones is 1. The van der Waals surface area contributed by atoms with E-state index in [1.54, 1.807) is 49.4 Å². The monoisotopic (exact) mass is 430 g/mol. The number of hydrogen-bond donors (Lipinski definition) is 0. The first-order valence-electron chi connectivity index (χ1n) is 10.4. The number of imide groups is 1. The third-order valence-electron chi connectivity index (χ3n) is 5.72. The van der Waals surface area contributed by atoms with E-state index in [2.05, 4.69) is 0 Å². The first kappa shape index (κ1) is 21.5. The van der Waals surface area contributed by atoms with E-state index in [0.29, 0.717) is 29.3 Å². The molecule has 0 radical (unpaired) electrons. The number of nitriles is 1. The molecule has 3 heterocycles. The molecule has 0 saturated carbocycles. The number of nitrogens with zero attached hydrogens (tertiary/aromatic N) is 2. The molecule has 2 aliphatic rings. The van der Waals surface area contributed by atoms with Gasteiger partial charge in [0.15, 0.2) is 5.78 Å². The van der Waals surface area contributed by atoms with Crippen molar-refractivity contribution in [1.82, 2.24) is 4.90 Å². The van der Waals surface area contributed by atoms with Gasteiger partial charge >= 0.3 is 0 Å². The third-order valence-corrected chi connectivity index (χ3v) is 5.72. The lowest BCUT2D eigenvalue weighted by atomic mass is 9.94. The van der Waals surface area contributed by atoms with Gasteiger partial charge in [0.05, 0.1) is 12.6 Å². The standard InChI is InChI=1S/C25H22N2O5/c1-15-21(24(29)27(25(30)22(15)13-26)14-20-4-3-11-31-20)12-19-9-10-23(32-19)18-7-5-17(6-8-18)16(2)28/h5-10,12,20H,3-4,11,14H2,1-2H3/b21-12-. The molecule has 162 valence electrons. The number of rotatable bonds is 5. The minimum Gasteiger partial charge on any atom is -0.457 e. The fourth-order valence-electron chi connectivity index (χ4n) is 3.88. The van der Waals surface area contributed by atoms with E-state index in [1.807, 2.05) is 6.07 Å². The molecule has 0 aliphatic carbocycles. The molecular formula is C25H22N2O5. The fraction of sp³-hybridized carbons (Fsp3) is 0.280. The van der Waals surface area contributed by atoms with Crippen LogP contribution in [0.1, 0.15) is 42.8 Å². The summed E-state index contributed by atoms with van der Waals surface area (Å²) in [7, 11) is 0. The van der Waals surface area contributed by atoms with E-state index >= 15 is 0 Å². The van der Waals surface area contributed by atoms with Crippen LogP contribution in [0.5, 0.6) is 0 Å². The van der Waals surface area contributed by atoms with Gasteiger partial charge in [-0.05, 0) is 50.5 Å². The summed E-state index contributed by atoms with van der Waals surface area (Å²) >= 11 is 0. The molecular weight excluding hydrogens is 408 g/mol. The molecule has 1 saturated heterocycles. The van der Waals surface area contributed by atoms with Gasteiger partial charge in [0, 0.05) is 23.3 Å². The number of hydrogen-bond acceptors (Lipinski definition) is 6. The van der Waals surface area contributed by atoms with E-state index in [1.165, 1.54) is 6.92 Å². The van der Waals surface area contributed by atoms with Gasteiger partial charge in [-0.15, -0.1) is 0 Å². The van der Waals surface area contributed by atoms with Crippen molar-refractivity contribution in [2.24, 2.45) is 0 Å². The zero-order valence-corrected chi connectivity index (χ0v) is 17.9.